The molecule has 1 unspecified atom stereocenters. The van der Waals surface area contributed by atoms with Gasteiger partial charge in [-0.2, -0.15) is 0 Å². The molecule has 33 heavy (non-hydrogen) atoms. The van der Waals surface area contributed by atoms with Crippen LogP contribution in [0.2, 0.25) is 0 Å². The first-order valence-corrected chi connectivity index (χ1v) is 11.2. The van der Waals surface area contributed by atoms with E-state index in [2.05, 4.69) is 22.8 Å². The van der Waals surface area contributed by atoms with Gasteiger partial charge in [-0.15, -0.1) is 0 Å². The van der Waals surface area contributed by atoms with E-state index in [1.165, 1.54) is 0 Å². The first-order chi connectivity index (χ1) is 15.5. The number of nitrogens with one attached hydrogen (secondary N) is 2. The fraction of sp³-hybridized carbons (Fsp3) is 0.423. The minimum atomic E-state index is -1.16. The zero-order valence-corrected chi connectivity index (χ0v) is 19.7. The summed E-state index contributed by atoms with van der Waals surface area (Å²) in [5.41, 5.74) is 3.32. The first-order valence-electron chi connectivity index (χ1n) is 11.2. The van der Waals surface area contributed by atoms with Gasteiger partial charge < -0.3 is 20.5 Å². The molecule has 0 bridgehead atoms. The van der Waals surface area contributed by atoms with Crippen molar-refractivity contribution in [2.24, 2.45) is 11.3 Å². The molecule has 3 N–H and O–H groups in total. The lowest BCUT2D eigenvalue weighted by Crippen LogP contribution is -2.56. The topological polar surface area (TPSA) is 105 Å². The average Bonchev–Trinajstić information content (AvgIpc) is 3.09. The second-order valence-corrected chi connectivity index (χ2v) is 9.45. The highest BCUT2D eigenvalue weighted by Gasteiger charge is 2.40. The van der Waals surface area contributed by atoms with E-state index >= 15 is 0 Å². The Balaban J connectivity index is 1.61. The van der Waals surface area contributed by atoms with Crippen LogP contribution in [0.1, 0.15) is 51.7 Å². The molecule has 7 nitrogen and oxygen atoms in total. The number of fused-ring (bicyclic) bond motifs is 3. The van der Waals surface area contributed by atoms with Crippen LogP contribution in [0.15, 0.2) is 48.5 Å². The molecule has 0 saturated heterocycles. The number of hydrogen-bond acceptors (Lipinski definition) is 4. The number of ether oxygens (including phenoxy) is 1. The molecule has 1 aliphatic rings. The van der Waals surface area contributed by atoms with Crippen molar-refractivity contribution >= 4 is 18.0 Å². The van der Waals surface area contributed by atoms with Gasteiger partial charge in [0.25, 0.3) is 0 Å². The van der Waals surface area contributed by atoms with Crippen LogP contribution in [0.5, 0.6) is 0 Å². The van der Waals surface area contributed by atoms with Gasteiger partial charge in [-0.25, -0.2) is 4.79 Å². The summed E-state index contributed by atoms with van der Waals surface area (Å²) in [4.78, 5) is 36.8. The molecule has 0 radical (unpaired) electrons. The van der Waals surface area contributed by atoms with Gasteiger partial charge >= 0.3 is 12.1 Å². The van der Waals surface area contributed by atoms with Crippen LogP contribution in [-0.4, -0.2) is 41.8 Å². The summed E-state index contributed by atoms with van der Waals surface area (Å²) in [7, 11) is 0. The summed E-state index contributed by atoms with van der Waals surface area (Å²) < 4.78 is 5.49. The van der Waals surface area contributed by atoms with Crippen LogP contribution in [0.3, 0.4) is 0 Å². The Hall–Kier alpha value is -3.35. The van der Waals surface area contributed by atoms with Gasteiger partial charge in [-0.3, -0.25) is 9.59 Å². The summed E-state index contributed by atoms with van der Waals surface area (Å²) in [6.07, 6.45) is -0.696. The minimum Gasteiger partial charge on any atom is -0.481 e. The molecule has 0 heterocycles. The van der Waals surface area contributed by atoms with E-state index in [0.29, 0.717) is 0 Å². The van der Waals surface area contributed by atoms with Crippen LogP contribution >= 0.6 is 0 Å². The number of carbonyl (C=O) groups excluding carboxylic acids is 2. The summed E-state index contributed by atoms with van der Waals surface area (Å²) in [5, 5.41) is 14.9. The van der Waals surface area contributed by atoms with Crippen LogP contribution in [0, 0.1) is 11.3 Å². The molecule has 0 aromatic heterocycles. The number of carboxylic acids is 1. The van der Waals surface area contributed by atoms with Crippen molar-refractivity contribution in [3.63, 3.8) is 0 Å². The number of amides is 2. The third kappa shape index (κ3) is 5.02. The molecule has 2 amide bonds. The van der Waals surface area contributed by atoms with Crippen molar-refractivity contribution in [3.8, 4) is 11.1 Å². The van der Waals surface area contributed by atoms with Crippen molar-refractivity contribution in [2.75, 3.05) is 6.61 Å². The summed E-state index contributed by atoms with van der Waals surface area (Å²) in [6.45, 7) is 8.53. The number of carboxylic acid groups (broad SMARTS) is 1. The molecule has 3 rings (SSSR count). The molecule has 0 spiro atoms. The molecule has 2 aromatic carbocycles. The average molecular weight is 453 g/mol. The van der Waals surface area contributed by atoms with E-state index in [4.69, 9.17) is 4.74 Å². The number of hydrogen-bond donors (Lipinski definition) is 3. The molecule has 7 heteroatoms. The van der Waals surface area contributed by atoms with E-state index in [9.17, 15) is 19.5 Å². The van der Waals surface area contributed by atoms with Crippen molar-refractivity contribution < 1.29 is 24.2 Å². The SMILES string of the molecule is CC(C)C(NC(=O)[C@@H](C)NC(=O)OCC1c2ccccc2-c2ccccc21)C(C)(C)C(=O)O. The van der Waals surface area contributed by atoms with Crippen LogP contribution < -0.4 is 10.6 Å². The molecule has 1 aliphatic carbocycles. The van der Waals surface area contributed by atoms with E-state index in [1.807, 2.05) is 50.2 Å². The van der Waals surface area contributed by atoms with Crippen LogP contribution in [0.25, 0.3) is 11.1 Å². The highest BCUT2D eigenvalue weighted by Crippen LogP contribution is 2.44. The highest BCUT2D eigenvalue weighted by molar-refractivity contribution is 5.86. The van der Waals surface area contributed by atoms with Gasteiger partial charge in [0, 0.05) is 12.0 Å². The van der Waals surface area contributed by atoms with Gasteiger partial charge in [-0.05, 0) is 48.9 Å². The van der Waals surface area contributed by atoms with Crippen LogP contribution in [0.4, 0.5) is 4.79 Å². The largest absolute Gasteiger partial charge is 0.481 e. The number of alkyl carbamates (subject to hydrolysis) is 1. The molecule has 176 valence electrons. The zero-order chi connectivity index (χ0) is 24.3. The van der Waals surface area contributed by atoms with E-state index in [-0.39, 0.29) is 18.4 Å². The molecule has 0 saturated carbocycles. The van der Waals surface area contributed by atoms with E-state index < -0.39 is 35.5 Å². The molecular weight excluding hydrogens is 420 g/mol. The molecule has 2 atom stereocenters. The first kappa shape index (κ1) is 24.3. The van der Waals surface area contributed by atoms with Crippen molar-refractivity contribution in [3.05, 3.63) is 59.7 Å². The van der Waals surface area contributed by atoms with Gasteiger partial charge in [-0.1, -0.05) is 62.4 Å². The lowest BCUT2D eigenvalue weighted by Gasteiger charge is -2.35. The molecule has 0 aliphatic heterocycles. The zero-order valence-electron chi connectivity index (χ0n) is 19.7. The fourth-order valence-electron chi connectivity index (χ4n) is 4.47. The third-order valence-corrected chi connectivity index (χ3v) is 6.36. The number of rotatable bonds is 8. The molecule has 2 aromatic rings. The quantitative estimate of drug-likeness (QED) is 0.558. The second-order valence-electron chi connectivity index (χ2n) is 9.45. The van der Waals surface area contributed by atoms with Crippen molar-refractivity contribution in [1.29, 1.82) is 0 Å². The smallest absolute Gasteiger partial charge is 0.407 e. The Labute approximate surface area is 194 Å². The Bertz CT molecular complexity index is 1000. The highest BCUT2D eigenvalue weighted by atomic mass is 16.5. The Morgan fingerprint density at radius 3 is 1.94 bits per heavy atom. The Morgan fingerprint density at radius 1 is 0.939 bits per heavy atom. The van der Waals surface area contributed by atoms with Crippen LogP contribution in [-0.2, 0) is 14.3 Å². The lowest BCUT2D eigenvalue weighted by molar-refractivity contribution is -0.150. The minimum absolute atomic E-state index is 0.0750. The number of carbonyl (C=O) groups is 3. The lowest BCUT2D eigenvalue weighted by atomic mass is 9.78. The van der Waals surface area contributed by atoms with Gasteiger partial charge in [0.15, 0.2) is 0 Å². The monoisotopic (exact) mass is 452 g/mol. The maximum Gasteiger partial charge on any atom is 0.407 e. The third-order valence-electron chi connectivity index (χ3n) is 6.36. The second kappa shape index (κ2) is 9.65. The maximum atomic E-state index is 12.7. The summed E-state index contributed by atoms with van der Waals surface area (Å²) in [5.74, 6) is -1.65. The standard InChI is InChI=1S/C26H32N2O5/c1-15(2)22(26(4,5)24(30)31)28-23(29)16(3)27-25(32)33-14-21-19-12-8-6-10-17(19)18-11-7-9-13-20(18)21/h6-13,15-16,21-22H,14H2,1-5H3,(H,27,32)(H,28,29)(H,30,31)/t16-,22?/m1/s1. The summed E-state index contributed by atoms with van der Waals surface area (Å²) in [6, 6.07) is 14.6. The maximum absolute atomic E-state index is 12.7. The number of aliphatic carboxylic acids is 1. The predicted octanol–water partition coefficient (Wildman–Crippen LogP) is 4.17. The predicted molar refractivity (Wildman–Crippen MR) is 126 cm³/mol. The normalized spacial score (nSPS) is 14.7. The summed E-state index contributed by atoms with van der Waals surface area (Å²) >= 11 is 0. The van der Waals surface area contributed by atoms with Gasteiger partial charge in [0.1, 0.15) is 12.6 Å². The fourth-order valence-corrected chi connectivity index (χ4v) is 4.47. The van der Waals surface area contributed by atoms with Crippen molar-refractivity contribution in [1.82, 2.24) is 10.6 Å². The molecular formula is C26H32N2O5. The van der Waals surface area contributed by atoms with Gasteiger partial charge in [0.2, 0.25) is 5.91 Å². The van der Waals surface area contributed by atoms with Gasteiger partial charge in [0.05, 0.1) is 5.41 Å². The Morgan fingerprint density at radius 2 is 1.45 bits per heavy atom. The molecule has 0 fully saturated rings. The Kier molecular flexibility index (Phi) is 7.10. The van der Waals surface area contributed by atoms with E-state index in [1.54, 1.807) is 20.8 Å². The van der Waals surface area contributed by atoms with E-state index in [0.717, 1.165) is 22.3 Å². The van der Waals surface area contributed by atoms with Crippen molar-refractivity contribution in [2.45, 2.75) is 52.6 Å². The number of benzene rings is 2.